The molecule has 14 heavy (non-hydrogen) atoms. The first-order valence-corrected chi connectivity index (χ1v) is 6.19. The van der Waals surface area contributed by atoms with Gasteiger partial charge < -0.3 is 14.0 Å². The molecule has 0 aromatic rings. The van der Waals surface area contributed by atoms with Gasteiger partial charge in [-0.2, -0.15) is 0 Å². The van der Waals surface area contributed by atoms with Crippen molar-refractivity contribution in [3.05, 3.63) is 12.2 Å². The highest BCUT2D eigenvalue weighted by atomic mass is 28.3. The van der Waals surface area contributed by atoms with Gasteiger partial charge in [0.25, 0.3) is 0 Å². The first kappa shape index (κ1) is 15.8. The Morgan fingerprint density at radius 1 is 1.43 bits per heavy atom. The van der Waals surface area contributed by atoms with Crippen LogP contribution in [0.15, 0.2) is 12.2 Å². The first-order chi connectivity index (χ1) is 6.49. The van der Waals surface area contributed by atoms with Crippen molar-refractivity contribution in [3.63, 3.8) is 0 Å². The Morgan fingerprint density at radius 2 is 1.79 bits per heavy atom. The highest BCUT2D eigenvalue weighted by Crippen LogP contribution is 1.96. The SMILES string of the molecule is C=C(C)C(=O)O.CCC[SiH](OC)OC. The van der Waals surface area contributed by atoms with Crippen LogP contribution < -0.4 is 0 Å². The van der Waals surface area contributed by atoms with Gasteiger partial charge in [0.15, 0.2) is 0 Å². The summed E-state index contributed by atoms with van der Waals surface area (Å²) in [5.74, 6) is -0.935. The normalized spacial score (nSPS) is 9.21. The van der Waals surface area contributed by atoms with Crippen LogP contribution in [0, 0.1) is 0 Å². The van der Waals surface area contributed by atoms with E-state index >= 15 is 0 Å². The van der Waals surface area contributed by atoms with Crippen LogP contribution >= 0.6 is 0 Å². The molecule has 0 radical (unpaired) electrons. The van der Waals surface area contributed by atoms with Gasteiger partial charge in [0.05, 0.1) is 0 Å². The van der Waals surface area contributed by atoms with Crippen LogP contribution in [0.5, 0.6) is 0 Å². The summed E-state index contributed by atoms with van der Waals surface area (Å²) in [4.78, 5) is 9.60. The summed E-state index contributed by atoms with van der Waals surface area (Å²) >= 11 is 0. The lowest BCUT2D eigenvalue weighted by molar-refractivity contribution is -0.132. The molecule has 84 valence electrons. The Labute approximate surface area is 87.4 Å². The zero-order valence-electron chi connectivity index (χ0n) is 9.37. The summed E-state index contributed by atoms with van der Waals surface area (Å²) < 4.78 is 10.1. The number of hydrogen-bond acceptors (Lipinski definition) is 3. The maximum Gasteiger partial charge on any atom is 0.330 e. The van der Waals surface area contributed by atoms with E-state index in [1.54, 1.807) is 14.2 Å². The van der Waals surface area contributed by atoms with Crippen molar-refractivity contribution in [2.45, 2.75) is 26.3 Å². The molecule has 5 heteroatoms. The average molecular weight is 220 g/mol. The minimum absolute atomic E-state index is 0.176. The summed E-state index contributed by atoms with van der Waals surface area (Å²) in [5, 5.41) is 7.89. The first-order valence-electron chi connectivity index (χ1n) is 4.43. The molecule has 1 N–H and O–H groups in total. The molecule has 0 aliphatic rings. The fraction of sp³-hybridized carbons (Fsp3) is 0.667. The second-order valence-electron chi connectivity index (χ2n) is 2.78. The zero-order chi connectivity index (χ0) is 11.6. The maximum absolute atomic E-state index is 9.60. The highest BCUT2D eigenvalue weighted by molar-refractivity contribution is 6.44. The monoisotopic (exact) mass is 220 g/mol. The highest BCUT2D eigenvalue weighted by Gasteiger charge is 2.05. The molecule has 0 spiro atoms. The van der Waals surface area contributed by atoms with Crippen molar-refractivity contribution < 1.29 is 18.8 Å². The number of carbonyl (C=O) groups is 1. The Bertz CT molecular complexity index is 154. The number of aliphatic carboxylic acids is 1. The second-order valence-corrected chi connectivity index (χ2v) is 5.15. The van der Waals surface area contributed by atoms with Gasteiger partial charge in [-0.15, -0.1) is 0 Å². The van der Waals surface area contributed by atoms with Gasteiger partial charge in [-0.1, -0.05) is 19.9 Å². The van der Waals surface area contributed by atoms with E-state index in [0.717, 1.165) is 6.04 Å². The molecule has 0 fully saturated rings. The second kappa shape index (κ2) is 10.4. The number of hydrogen-bond donors (Lipinski definition) is 1. The third-order valence-electron chi connectivity index (χ3n) is 1.42. The van der Waals surface area contributed by atoms with Crippen molar-refractivity contribution in [1.82, 2.24) is 0 Å². The number of rotatable bonds is 5. The standard InChI is InChI=1S/C5H14O2Si.C4H6O2/c1-4-5-8(6-2)7-3;1-3(2)4(5)6/h8H,4-5H2,1-3H3;1H2,2H3,(H,5,6). The molecule has 0 atom stereocenters. The molecule has 0 saturated carbocycles. The van der Waals surface area contributed by atoms with Crippen LogP contribution in [0.1, 0.15) is 20.3 Å². The van der Waals surface area contributed by atoms with E-state index in [1.807, 2.05) is 0 Å². The van der Waals surface area contributed by atoms with Crippen molar-refractivity contribution in [2.75, 3.05) is 14.2 Å². The van der Waals surface area contributed by atoms with Crippen LogP contribution in [0.4, 0.5) is 0 Å². The van der Waals surface area contributed by atoms with Crippen molar-refractivity contribution in [3.8, 4) is 0 Å². The van der Waals surface area contributed by atoms with Gasteiger partial charge in [-0.3, -0.25) is 0 Å². The van der Waals surface area contributed by atoms with Crippen LogP contribution in [-0.4, -0.2) is 34.6 Å². The lowest BCUT2D eigenvalue weighted by Crippen LogP contribution is -2.17. The van der Waals surface area contributed by atoms with E-state index in [4.69, 9.17) is 14.0 Å². The van der Waals surface area contributed by atoms with Gasteiger partial charge in [-0.25, -0.2) is 4.79 Å². The Morgan fingerprint density at radius 3 is 1.86 bits per heavy atom. The summed E-state index contributed by atoms with van der Waals surface area (Å²) in [6.07, 6.45) is 1.17. The Hall–Kier alpha value is -0.653. The number of carboxylic acid groups (broad SMARTS) is 1. The minimum atomic E-state index is -1.19. The molecule has 0 aliphatic heterocycles. The quantitative estimate of drug-likeness (QED) is 0.564. The van der Waals surface area contributed by atoms with Crippen LogP contribution in [0.3, 0.4) is 0 Å². The summed E-state index contributed by atoms with van der Waals surface area (Å²) in [7, 11) is 2.24. The summed E-state index contributed by atoms with van der Waals surface area (Å²) in [6.45, 7) is 6.74. The third kappa shape index (κ3) is 11.3. The topological polar surface area (TPSA) is 55.8 Å². The predicted molar refractivity (Wildman–Crippen MR) is 58.7 cm³/mol. The molecule has 0 heterocycles. The van der Waals surface area contributed by atoms with Gasteiger partial charge >= 0.3 is 15.3 Å². The van der Waals surface area contributed by atoms with E-state index < -0.39 is 15.3 Å². The molecular formula is C9H20O4Si. The van der Waals surface area contributed by atoms with Crippen molar-refractivity contribution >= 4 is 15.3 Å². The molecule has 0 aromatic heterocycles. The van der Waals surface area contributed by atoms with E-state index in [1.165, 1.54) is 13.3 Å². The molecule has 0 amide bonds. The fourth-order valence-electron chi connectivity index (χ4n) is 0.568. The molecule has 0 unspecified atom stereocenters. The molecule has 4 nitrogen and oxygen atoms in total. The van der Waals surface area contributed by atoms with E-state index in [0.29, 0.717) is 0 Å². The third-order valence-corrected chi connectivity index (χ3v) is 3.52. The predicted octanol–water partition coefficient (Wildman–Crippen LogP) is 1.56. The lowest BCUT2D eigenvalue weighted by atomic mass is 10.4. The van der Waals surface area contributed by atoms with Gasteiger partial charge in [0.2, 0.25) is 0 Å². The average Bonchev–Trinajstić information content (AvgIpc) is 2.15. The zero-order valence-corrected chi connectivity index (χ0v) is 10.5. The summed E-state index contributed by atoms with van der Waals surface area (Å²) in [6, 6.07) is 1.12. The van der Waals surface area contributed by atoms with E-state index in [-0.39, 0.29) is 5.57 Å². The maximum atomic E-state index is 9.60. The largest absolute Gasteiger partial charge is 0.478 e. The molecule has 0 aliphatic carbocycles. The molecular weight excluding hydrogens is 200 g/mol. The van der Waals surface area contributed by atoms with Crippen molar-refractivity contribution in [1.29, 1.82) is 0 Å². The van der Waals surface area contributed by atoms with Crippen LogP contribution in [0.25, 0.3) is 0 Å². The van der Waals surface area contributed by atoms with Crippen LogP contribution in [0.2, 0.25) is 6.04 Å². The Balaban J connectivity index is 0. The van der Waals surface area contributed by atoms with Gasteiger partial charge in [0, 0.05) is 19.8 Å². The number of carboxylic acids is 1. The lowest BCUT2D eigenvalue weighted by Gasteiger charge is -2.07. The van der Waals surface area contributed by atoms with Gasteiger partial charge in [-0.05, 0) is 13.0 Å². The minimum Gasteiger partial charge on any atom is -0.478 e. The summed E-state index contributed by atoms with van der Waals surface area (Å²) in [5.41, 5.74) is 0.176. The van der Waals surface area contributed by atoms with Crippen LogP contribution in [-0.2, 0) is 13.6 Å². The Kier molecular flexibility index (Phi) is 11.8. The molecule has 0 aromatic carbocycles. The van der Waals surface area contributed by atoms with E-state index in [9.17, 15) is 4.79 Å². The van der Waals surface area contributed by atoms with Gasteiger partial charge in [0.1, 0.15) is 0 Å². The fourth-order valence-corrected chi connectivity index (χ4v) is 1.70. The molecule has 0 rings (SSSR count). The van der Waals surface area contributed by atoms with E-state index in [2.05, 4.69) is 13.5 Å². The molecule has 0 bridgehead atoms. The smallest absolute Gasteiger partial charge is 0.330 e. The molecule has 0 saturated heterocycles. The van der Waals surface area contributed by atoms with Crippen molar-refractivity contribution in [2.24, 2.45) is 0 Å².